The highest BCUT2D eigenvalue weighted by atomic mass is 16.2. The van der Waals surface area contributed by atoms with Gasteiger partial charge in [0.05, 0.1) is 5.92 Å². The minimum Gasteiger partial charge on any atom is -0.342 e. The first-order valence-corrected chi connectivity index (χ1v) is 6.92. The van der Waals surface area contributed by atoms with Crippen molar-refractivity contribution in [2.24, 2.45) is 13.0 Å². The van der Waals surface area contributed by atoms with Crippen LogP contribution in [-0.4, -0.2) is 44.6 Å². The lowest BCUT2D eigenvalue weighted by Gasteiger charge is -2.13. The van der Waals surface area contributed by atoms with E-state index >= 15 is 0 Å². The summed E-state index contributed by atoms with van der Waals surface area (Å²) < 4.78 is 1.56. The minimum atomic E-state index is -0.304. The van der Waals surface area contributed by atoms with Crippen LogP contribution in [-0.2, 0) is 16.6 Å². The van der Waals surface area contributed by atoms with E-state index in [1.165, 1.54) is 0 Å². The fraction of sp³-hybridized carbons (Fsp3) is 0.692. The number of carbonyl (C=O) groups is 2. The fourth-order valence-electron chi connectivity index (χ4n) is 2.22. The van der Waals surface area contributed by atoms with Crippen LogP contribution in [0.5, 0.6) is 0 Å². The molecule has 1 saturated heterocycles. The van der Waals surface area contributed by atoms with E-state index in [0.29, 0.717) is 24.9 Å². The van der Waals surface area contributed by atoms with Crippen molar-refractivity contribution in [3.05, 3.63) is 5.82 Å². The zero-order valence-corrected chi connectivity index (χ0v) is 12.4. The zero-order valence-electron chi connectivity index (χ0n) is 12.4. The molecule has 1 aliphatic rings. The first-order chi connectivity index (χ1) is 9.42. The Morgan fingerprint density at radius 2 is 2.20 bits per heavy atom. The molecule has 1 fully saturated rings. The number of likely N-dealkylation sites (tertiary alicyclic amines) is 1. The topological polar surface area (TPSA) is 80.1 Å². The largest absolute Gasteiger partial charge is 0.342 e. The molecule has 0 bridgehead atoms. The fourth-order valence-corrected chi connectivity index (χ4v) is 2.22. The average Bonchev–Trinajstić information content (AvgIpc) is 2.93. The maximum Gasteiger partial charge on any atom is 0.232 e. The van der Waals surface area contributed by atoms with Gasteiger partial charge < -0.3 is 4.90 Å². The molecule has 0 spiro atoms. The molecular formula is C13H21N5O2. The standard InChI is InChI=1S/C13H21N5O2/c1-5-18-7-9(6-10(18)19)12(20)15-13-14-11(8(2)3)16-17(13)4/h8-9H,5-7H2,1-4H3,(H,14,15,16,20)/t9-/m1/s1. The van der Waals surface area contributed by atoms with Gasteiger partial charge in [-0.1, -0.05) is 13.8 Å². The second kappa shape index (κ2) is 5.60. The van der Waals surface area contributed by atoms with Crippen LogP contribution in [0.1, 0.15) is 38.9 Å². The van der Waals surface area contributed by atoms with Crippen molar-refractivity contribution < 1.29 is 9.59 Å². The molecule has 2 amide bonds. The predicted octanol–water partition coefficient (Wildman–Crippen LogP) is 0.745. The first kappa shape index (κ1) is 14.5. The van der Waals surface area contributed by atoms with Crippen molar-refractivity contribution in [2.75, 3.05) is 18.4 Å². The molecule has 0 radical (unpaired) electrons. The summed E-state index contributed by atoms with van der Waals surface area (Å²) in [5.74, 6) is 0.896. The Kier molecular flexibility index (Phi) is 4.06. The van der Waals surface area contributed by atoms with E-state index in [1.807, 2.05) is 20.8 Å². The smallest absolute Gasteiger partial charge is 0.232 e. The predicted molar refractivity (Wildman–Crippen MR) is 74.1 cm³/mol. The lowest BCUT2D eigenvalue weighted by molar-refractivity contribution is -0.128. The number of aromatic nitrogens is 3. The SMILES string of the molecule is CCN1C[C@H](C(=O)Nc2nc(C(C)C)nn2C)CC1=O. The molecule has 0 aliphatic carbocycles. The molecule has 0 saturated carbocycles. The molecule has 1 atom stereocenters. The minimum absolute atomic E-state index is 0.0356. The van der Waals surface area contributed by atoms with Crippen LogP contribution in [0.2, 0.25) is 0 Å². The summed E-state index contributed by atoms with van der Waals surface area (Å²) in [6, 6.07) is 0. The molecular weight excluding hydrogens is 258 g/mol. The lowest BCUT2D eigenvalue weighted by atomic mass is 10.1. The van der Waals surface area contributed by atoms with E-state index in [1.54, 1.807) is 16.6 Å². The van der Waals surface area contributed by atoms with Crippen LogP contribution < -0.4 is 5.32 Å². The van der Waals surface area contributed by atoms with Gasteiger partial charge in [-0.15, -0.1) is 0 Å². The highest BCUT2D eigenvalue weighted by molar-refractivity contribution is 5.96. The molecule has 2 heterocycles. The van der Waals surface area contributed by atoms with Crippen LogP contribution >= 0.6 is 0 Å². The summed E-state index contributed by atoms with van der Waals surface area (Å²) in [5, 5.41) is 7.01. The van der Waals surface area contributed by atoms with Crippen molar-refractivity contribution in [3.8, 4) is 0 Å². The molecule has 1 aliphatic heterocycles. The molecule has 0 unspecified atom stereocenters. The van der Waals surface area contributed by atoms with E-state index in [2.05, 4.69) is 15.4 Å². The number of hydrogen-bond donors (Lipinski definition) is 1. The molecule has 1 aromatic heterocycles. The van der Waals surface area contributed by atoms with Gasteiger partial charge in [0.15, 0.2) is 5.82 Å². The summed E-state index contributed by atoms with van der Waals surface area (Å²) in [7, 11) is 1.74. The molecule has 0 aromatic carbocycles. The number of nitrogens with one attached hydrogen (secondary N) is 1. The second-order valence-electron chi connectivity index (χ2n) is 5.39. The van der Waals surface area contributed by atoms with Crippen molar-refractivity contribution in [1.82, 2.24) is 19.7 Å². The lowest BCUT2D eigenvalue weighted by Crippen LogP contribution is -2.28. The number of rotatable bonds is 4. The van der Waals surface area contributed by atoms with Gasteiger partial charge in [-0.3, -0.25) is 14.9 Å². The van der Waals surface area contributed by atoms with Gasteiger partial charge in [-0.05, 0) is 6.92 Å². The number of aryl methyl sites for hydroxylation is 1. The van der Waals surface area contributed by atoms with Gasteiger partial charge in [0, 0.05) is 32.5 Å². The number of amides is 2. The van der Waals surface area contributed by atoms with Gasteiger partial charge in [0.2, 0.25) is 17.8 Å². The van der Waals surface area contributed by atoms with E-state index in [0.717, 1.165) is 0 Å². The second-order valence-corrected chi connectivity index (χ2v) is 5.39. The maximum atomic E-state index is 12.2. The van der Waals surface area contributed by atoms with Gasteiger partial charge in [-0.2, -0.15) is 10.1 Å². The Labute approximate surface area is 118 Å². The molecule has 7 heteroatoms. The number of carbonyl (C=O) groups excluding carboxylic acids is 2. The molecule has 2 rings (SSSR count). The van der Waals surface area contributed by atoms with E-state index in [9.17, 15) is 9.59 Å². The molecule has 1 aromatic rings. The van der Waals surface area contributed by atoms with Crippen molar-refractivity contribution >= 4 is 17.8 Å². The Hall–Kier alpha value is -1.92. The molecule has 7 nitrogen and oxygen atoms in total. The Bertz CT molecular complexity index is 523. The average molecular weight is 279 g/mol. The van der Waals surface area contributed by atoms with Crippen LogP contribution in [0.25, 0.3) is 0 Å². The summed E-state index contributed by atoms with van der Waals surface area (Å²) in [6.07, 6.45) is 0.272. The van der Waals surface area contributed by atoms with Crippen molar-refractivity contribution in [2.45, 2.75) is 33.1 Å². The van der Waals surface area contributed by atoms with Crippen molar-refractivity contribution in [3.63, 3.8) is 0 Å². The van der Waals surface area contributed by atoms with E-state index < -0.39 is 0 Å². The monoisotopic (exact) mass is 279 g/mol. The third-order valence-electron chi connectivity index (χ3n) is 3.50. The van der Waals surface area contributed by atoms with Crippen LogP contribution in [0.4, 0.5) is 5.95 Å². The Morgan fingerprint density at radius 3 is 2.70 bits per heavy atom. The summed E-state index contributed by atoms with van der Waals surface area (Å²) in [6.45, 7) is 7.03. The highest BCUT2D eigenvalue weighted by Crippen LogP contribution is 2.19. The van der Waals surface area contributed by atoms with Gasteiger partial charge in [0.1, 0.15) is 0 Å². The Morgan fingerprint density at radius 1 is 1.50 bits per heavy atom. The van der Waals surface area contributed by atoms with Crippen LogP contribution in [0.15, 0.2) is 0 Å². The summed E-state index contributed by atoms with van der Waals surface area (Å²) >= 11 is 0. The van der Waals surface area contributed by atoms with Crippen LogP contribution in [0.3, 0.4) is 0 Å². The van der Waals surface area contributed by atoms with Gasteiger partial charge in [0.25, 0.3) is 0 Å². The summed E-state index contributed by atoms with van der Waals surface area (Å²) in [4.78, 5) is 29.8. The zero-order chi connectivity index (χ0) is 14.9. The highest BCUT2D eigenvalue weighted by Gasteiger charge is 2.33. The molecule has 20 heavy (non-hydrogen) atoms. The third kappa shape index (κ3) is 2.81. The third-order valence-corrected chi connectivity index (χ3v) is 3.50. The number of hydrogen-bond acceptors (Lipinski definition) is 4. The van der Waals surface area contributed by atoms with Gasteiger partial charge >= 0.3 is 0 Å². The van der Waals surface area contributed by atoms with Crippen molar-refractivity contribution in [1.29, 1.82) is 0 Å². The van der Waals surface area contributed by atoms with E-state index in [-0.39, 0.29) is 30.1 Å². The maximum absolute atomic E-state index is 12.2. The first-order valence-electron chi connectivity index (χ1n) is 6.92. The quantitative estimate of drug-likeness (QED) is 0.881. The summed E-state index contributed by atoms with van der Waals surface area (Å²) in [5.41, 5.74) is 0. The molecule has 110 valence electrons. The van der Waals surface area contributed by atoms with Gasteiger partial charge in [-0.25, -0.2) is 4.68 Å². The molecule has 1 N–H and O–H groups in total. The Balaban J connectivity index is 2.03. The number of anilines is 1. The normalized spacial score (nSPS) is 18.9. The van der Waals surface area contributed by atoms with E-state index in [4.69, 9.17) is 0 Å². The number of nitrogens with zero attached hydrogens (tertiary/aromatic N) is 4. The van der Waals surface area contributed by atoms with Crippen LogP contribution in [0, 0.1) is 5.92 Å².